The van der Waals surface area contributed by atoms with Crippen LogP contribution in [-0.2, 0) is 11.6 Å². The number of tetrazole rings is 1. The molecule has 2 aromatic carbocycles. The van der Waals surface area contributed by atoms with Gasteiger partial charge in [-0.2, -0.15) is 18.4 Å². The summed E-state index contributed by atoms with van der Waals surface area (Å²) in [7, 11) is 0. The molecule has 11 heteroatoms. The van der Waals surface area contributed by atoms with Gasteiger partial charge in [0.1, 0.15) is 11.5 Å². The number of nitrogens with one attached hydrogen (secondary N) is 1. The second-order valence-electron chi connectivity index (χ2n) is 8.84. The molecule has 3 aromatic rings. The van der Waals surface area contributed by atoms with Gasteiger partial charge in [-0.15, -0.1) is 10.2 Å². The molecule has 0 aliphatic rings. The number of hydrogen-bond acceptors (Lipinski definition) is 5. The molecule has 2 N–H and O–H groups in total. The summed E-state index contributed by atoms with van der Waals surface area (Å²) in [6.45, 7) is 6.54. The predicted octanol–water partition coefficient (Wildman–Crippen LogP) is 0.226. The van der Waals surface area contributed by atoms with Crippen LogP contribution in [0.2, 0.25) is 0 Å². The molecule has 35 heavy (non-hydrogen) atoms. The van der Waals surface area contributed by atoms with Crippen molar-refractivity contribution in [3.8, 4) is 11.5 Å². The summed E-state index contributed by atoms with van der Waals surface area (Å²) in [5.74, 6) is 1.06. The number of aromatic hydroxyl groups is 1. The fourth-order valence-electron chi connectivity index (χ4n) is 3.72. The molecule has 0 bridgehead atoms. The minimum Gasteiger partial charge on any atom is -1.00 e. The number of benzene rings is 2. The summed E-state index contributed by atoms with van der Waals surface area (Å²) in [5.41, 5.74) is 0.491. The maximum atomic E-state index is 12.8. The van der Waals surface area contributed by atoms with Gasteiger partial charge in [-0.1, -0.05) is 57.0 Å². The molecule has 0 saturated carbocycles. The monoisotopic (exact) mass is 510 g/mol. The minimum atomic E-state index is -4.37. The quantitative estimate of drug-likeness (QED) is 0.301. The second-order valence-corrected chi connectivity index (χ2v) is 8.84. The number of aromatic nitrogens is 4. The molecule has 1 atom stereocenters. The van der Waals surface area contributed by atoms with E-state index in [0.717, 1.165) is 37.8 Å². The van der Waals surface area contributed by atoms with E-state index in [1.165, 1.54) is 12.1 Å². The number of hydrogen-bond donors (Lipinski definition) is 2. The molecule has 1 unspecified atom stereocenters. The maximum Gasteiger partial charge on any atom is 1.00 e. The smallest absolute Gasteiger partial charge is 1.00 e. The number of ether oxygens (including phenoxy) is 1. The Balaban J connectivity index is 0. The Morgan fingerprint density at radius 3 is 2.29 bits per heavy atom. The standard InChI is InChI=1S/C24H29F3N4O2.2Na.2H/c1-16(17-7-9-18(10-8-17)24(25,26)27)20-12-11-19(15-21(20)32)33-14-6-4-5-13-23(2,3)22-28-30-31-29-22;;;;/h7-12,15-16,32H,4-6,13-14H2,1-3H3,(H,28,29,30,31);;;;/q;2*+1;2*-1. The van der Waals surface area contributed by atoms with E-state index in [2.05, 4.69) is 34.5 Å². The number of phenols is 1. The van der Waals surface area contributed by atoms with Gasteiger partial charge in [-0.3, -0.25) is 0 Å². The Morgan fingerprint density at radius 2 is 1.71 bits per heavy atom. The van der Waals surface area contributed by atoms with Crippen molar-refractivity contribution < 1.29 is 85.0 Å². The molecule has 0 spiro atoms. The van der Waals surface area contributed by atoms with Crippen molar-refractivity contribution in [2.45, 2.75) is 64.0 Å². The molecule has 3 rings (SSSR count). The van der Waals surface area contributed by atoms with Crippen LogP contribution in [0, 0.1) is 0 Å². The van der Waals surface area contributed by atoms with Crippen LogP contribution in [0.4, 0.5) is 13.2 Å². The van der Waals surface area contributed by atoms with Crippen LogP contribution in [0.25, 0.3) is 0 Å². The van der Waals surface area contributed by atoms with E-state index in [4.69, 9.17) is 4.74 Å². The molecule has 0 amide bonds. The zero-order chi connectivity index (χ0) is 24.1. The van der Waals surface area contributed by atoms with Gasteiger partial charge in [0.25, 0.3) is 0 Å². The summed E-state index contributed by atoms with van der Waals surface area (Å²) in [5, 5.41) is 24.7. The van der Waals surface area contributed by atoms with Gasteiger partial charge in [0.2, 0.25) is 0 Å². The minimum absolute atomic E-state index is 0. The van der Waals surface area contributed by atoms with E-state index in [0.29, 0.717) is 29.3 Å². The fourth-order valence-corrected chi connectivity index (χ4v) is 3.72. The van der Waals surface area contributed by atoms with E-state index in [-0.39, 0.29) is 79.1 Å². The van der Waals surface area contributed by atoms with Crippen molar-refractivity contribution in [2.75, 3.05) is 6.61 Å². The predicted molar refractivity (Wildman–Crippen MR) is 120 cm³/mol. The average molecular weight is 511 g/mol. The largest absolute Gasteiger partial charge is 1.00 e. The summed E-state index contributed by atoms with van der Waals surface area (Å²) in [6, 6.07) is 10.1. The molecule has 0 aliphatic carbocycles. The van der Waals surface area contributed by atoms with Gasteiger partial charge in [0.05, 0.1) is 12.2 Å². The zero-order valence-electron chi connectivity index (χ0n) is 23.0. The topological polar surface area (TPSA) is 83.9 Å². The first-order valence-electron chi connectivity index (χ1n) is 10.9. The van der Waals surface area contributed by atoms with Crippen LogP contribution in [0.3, 0.4) is 0 Å². The Morgan fingerprint density at radius 1 is 1.03 bits per heavy atom. The van der Waals surface area contributed by atoms with Gasteiger partial charge in [-0.25, -0.2) is 0 Å². The molecule has 0 fully saturated rings. The van der Waals surface area contributed by atoms with Gasteiger partial charge in [-0.05, 0) is 36.6 Å². The van der Waals surface area contributed by atoms with Gasteiger partial charge >= 0.3 is 65.3 Å². The average Bonchev–Trinajstić information content (AvgIpc) is 3.31. The molecule has 0 radical (unpaired) electrons. The van der Waals surface area contributed by atoms with E-state index in [9.17, 15) is 18.3 Å². The first-order valence-corrected chi connectivity index (χ1v) is 10.9. The van der Waals surface area contributed by atoms with Crippen molar-refractivity contribution in [1.29, 1.82) is 0 Å². The number of halogens is 3. The van der Waals surface area contributed by atoms with Gasteiger partial charge in [0, 0.05) is 23.0 Å². The van der Waals surface area contributed by atoms with Crippen LogP contribution < -0.4 is 63.9 Å². The molecule has 1 heterocycles. The molecule has 182 valence electrons. The van der Waals surface area contributed by atoms with E-state index in [1.54, 1.807) is 18.2 Å². The number of nitrogens with zero attached hydrogens (tertiary/aromatic N) is 3. The van der Waals surface area contributed by atoms with Crippen LogP contribution in [0.5, 0.6) is 11.5 Å². The van der Waals surface area contributed by atoms with Crippen molar-refractivity contribution in [3.05, 3.63) is 65.0 Å². The Hall–Kier alpha value is -1.10. The van der Waals surface area contributed by atoms with Gasteiger partial charge in [0.15, 0.2) is 5.82 Å². The summed E-state index contributed by atoms with van der Waals surface area (Å²) < 4.78 is 44.1. The van der Waals surface area contributed by atoms with Gasteiger partial charge < -0.3 is 12.7 Å². The van der Waals surface area contributed by atoms with Crippen molar-refractivity contribution in [1.82, 2.24) is 20.6 Å². The Kier molecular flexibility index (Phi) is 12.8. The zero-order valence-corrected chi connectivity index (χ0v) is 25.0. The summed E-state index contributed by atoms with van der Waals surface area (Å²) in [6.07, 6.45) is -0.583. The number of phenolic OH excluding ortho intramolecular Hbond substituents is 1. The van der Waals surface area contributed by atoms with Crippen LogP contribution >= 0.6 is 0 Å². The van der Waals surface area contributed by atoms with E-state index < -0.39 is 11.7 Å². The summed E-state index contributed by atoms with van der Waals surface area (Å²) in [4.78, 5) is 0. The molecule has 6 nitrogen and oxygen atoms in total. The molecule has 0 saturated heterocycles. The number of alkyl halides is 3. The normalized spacial score (nSPS) is 12.4. The first kappa shape index (κ1) is 31.9. The van der Waals surface area contributed by atoms with E-state index >= 15 is 0 Å². The number of aromatic amines is 1. The number of rotatable bonds is 10. The maximum absolute atomic E-state index is 12.8. The third-order valence-electron chi connectivity index (χ3n) is 5.87. The second kappa shape index (κ2) is 14.0. The number of unbranched alkanes of at least 4 members (excludes halogenated alkanes) is 2. The Bertz CT molecular complexity index is 1040. The SMILES string of the molecule is CC(c1ccc(C(F)(F)F)cc1)c1ccc(OCCCCCC(C)(C)c2nn[nH]n2)cc1O.[H-].[H-].[Na+].[Na+]. The third kappa shape index (κ3) is 9.05. The first-order chi connectivity index (χ1) is 15.6. The van der Waals surface area contributed by atoms with Crippen LogP contribution in [0.15, 0.2) is 42.5 Å². The Labute approximate surface area is 251 Å². The summed E-state index contributed by atoms with van der Waals surface area (Å²) >= 11 is 0. The third-order valence-corrected chi connectivity index (χ3v) is 5.87. The van der Waals surface area contributed by atoms with Crippen LogP contribution in [0.1, 0.15) is 77.7 Å². The molecular weight excluding hydrogens is 479 g/mol. The molecule has 0 aliphatic heterocycles. The molecule has 1 aromatic heterocycles. The molecular formula is C24H31F3N4Na2O2. The van der Waals surface area contributed by atoms with Crippen molar-refractivity contribution in [2.24, 2.45) is 0 Å². The van der Waals surface area contributed by atoms with E-state index in [1.807, 2.05) is 6.92 Å². The van der Waals surface area contributed by atoms with Crippen molar-refractivity contribution in [3.63, 3.8) is 0 Å². The van der Waals surface area contributed by atoms with Crippen molar-refractivity contribution >= 4 is 0 Å². The fraction of sp³-hybridized carbons (Fsp3) is 0.458. The number of H-pyrrole nitrogens is 1. The van der Waals surface area contributed by atoms with Crippen LogP contribution in [-0.4, -0.2) is 32.3 Å².